The van der Waals surface area contributed by atoms with Crippen LogP contribution in [0.25, 0.3) is 11.0 Å². The molecule has 3 nitrogen and oxygen atoms in total. The van der Waals surface area contributed by atoms with Crippen LogP contribution in [-0.4, -0.2) is 22.3 Å². The highest BCUT2D eigenvalue weighted by Crippen LogP contribution is 2.28. The number of ether oxygens (including phenoxy) is 1. The third kappa shape index (κ3) is 2.41. The van der Waals surface area contributed by atoms with E-state index >= 15 is 0 Å². The summed E-state index contributed by atoms with van der Waals surface area (Å²) in [6, 6.07) is 2.98. The van der Waals surface area contributed by atoms with Crippen LogP contribution in [0.4, 0.5) is 4.39 Å². The van der Waals surface area contributed by atoms with Crippen LogP contribution in [0.5, 0.6) is 0 Å². The zero-order valence-corrected chi connectivity index (χ0v) is 12.6. The molecule has 1 saturated heterocycles. The van der Waals surface area contributed by atoms with Gasteiger partial charge in [0.1, 0.15) is 11.6 Å². The number of nitrogens with zero attached hydrogens (tertiary/aromatic N) is 2. The molecule has 0 bridgehead atoms. The fourth-order valence-corrected chi connectivity index (χ4v) is 3.09. The molecule has 0 spiro atoms. The predicted molar refractivity (Wildman–Crippen MR) is 77.8 cm³/mol. The van der Waals surface area contributed by atoms with Crippen molar-refractivity contribution in [3.8, 4) is 0 Å². The van der Waals surface area contributed by atoms with Crippen molar-refractivity contribution < 1.29 is 9.13 Å². The highest BCUT2D eigenvalue weighted by atomic mass is 35.5. The number of imidazole rings is 1. The van der Waals surface area contributed by atoms with Gasteiger partial charge in [-0.2, -0.15) is 0 Å². The van der Waals surface area contributed by atoms with Crippen LogP contribution in [0.15, 0.2) is 12.1 Å². The van der Waals surface area contributed by atoms with Gasteiger partial charge in [-0.25, -0.2) is 9.37 Å². The van der Waals surface area contributed by atoms with Crippen molar-refractivity contribution in [2.45, 2.75) is 31.9 Å². The molecular formula is C14H15Cl2FN2O. The molecule has 0 amide bonds. The number of hydrogen-bond acceptors (Lipinski definition) is 2. The molecule has 2 heterocycles. The Hall–Kier alpha value is -0.840. The van der Waals surface area contributed by atoms with Crippen LogP contribution in [0.1, 0.15) is 19.2 Å². The first-order chi connectivity index (χ1) is 9.60. The molecule has 108 valence electrons. The van der Waals surface area contributed by atoms with Crippen molar-refractivity contribution in [1.82, 2.24) is 9.55 Å². The number of benzene rings is 1. The summed E-state index contributed by atoms with van der Waals surface area (Å²) in [5.41, 5.74) is 1.42. The van der Waals surface area contributed by atoms with E-state index < -0.39 is 5.82 Å². The van der Waals surface area contributed by atoms with Gasteiger partial charge >= 0.3 is 0 Å². The van der Waals surface area contributed by atoms with E-state index in [1.54, 1.807) is 6.07 Å². The zero-order valence-electron chi connectivity index (χ0n) is 11.1. The summed E-state index contributed by atoms with van der Waals surface area (Å²) in [5.74, 6) is 0.985. The lowest BCUT2D eigenvalue weighted by molar-refractivity contribution is 0.102. The van der Waals surface area contributed by atoms with Gasteiger partial charge in [-0.1, -0.05) is 11.6 Å². The molecule has 0 saturated carbocycles. The maximum Gasteiger partial charge on any atom is 0.144 e. The Morgan fingerprint density at radius 1 is 1.50 bits per heavy atom. The van der Waals surface area contributed by atoms with Crippen LogP contribution in [0.2, 0.25) is 5.02 Å². The largest absolute Gasteiger partial charge is 0.378 e. The molecule has 20 heavy (non-hydrogen) atoms. The molecule has 6 heteroatoms. The van der Waals surface area contributed by atoms with Crippen molar-refractivity contribution in [1.29, 1.82) is 0 Å². The average molecular weight is 317 g/mol. The number of halogens is 3. The van der Waals surface area contributed by atoms with E-state index in [4.69, 9.17) is 27.9 Å². The fourth-order valence-electron chi connectivity index (χ4n) is 2.73. The first-order valence-corrected chi connectivity index (χ1v) is 7.53. The standard InChI is InChI=1S/C14H15Cl2FN2O/c1-8-9(2-3-20-8)7-19-13-4-10(16)11(17)5-12(13)18-14(19)6-15/h4-5,8-9H,2-3,6-7H2,1H3. The number of hydrogen-bond donors (Lipinski definition) is 0. The van der Waals surface area contributed by atoms with Gasteiger partial charge in [0.25, 0.3) is 0 Å². The molecule has 0 aliphatic carbocycles. The summed E-state index contributed by atoms with van der Waals surface area (Å²) in [5, 5.41) is 0.107. The summed E-state index contributed by atoms with van der Waals surface area (Å²) < 4.78 is 21.1. The molecule has 2 atom stereocenters. The molecule has 0 radical (unpaired) electrons. The second-order valence-corrected chi connectivity index (χ2v) is 5.83. The van der Waals surface area contributed by atoms with E-state index in [0.29, 0.717) is 11.4 Å². The summed E-state index contributed by atoms with van der Waals surface area (Å²) >= 11 is 11.8. The Bertz CT molecular complexity index is 644. The number of alkyl halides is 1. The van der Waals surface area contributed by atoms with Crippen molar-refractivity contribution in [2.75, 3.05) is 6.61 Å². The second kappa shape index (κ2) is 5.51. The Balaban J connectivity index is 2.05. The SMILES string of the molecule is CC1OCCC1Cn1c(CCl)nc2cc(F)c(Cl)cc21. The van der Waals surface area contributed by atoms with Crippen LogP contribution in [0.3, 0.4) is 0 Å². The van der Waals surface area contributed by atoms with Crippen molar-refractivity contribution in [3.05, 3.63) is 28.8 Å². The normalized spacial score (nSPS) is 22.8. The summed E-state index contributed by atoms with van der Waals surface area (Å²) in [6.45, 7) is 3.62. The lowest BCUT2D eigenvalue weighted by atomic mass is 10.0. The molecular weight excluding hydrogens is 302 g/mol. The van der Waals surface area contributed by atoms with Gasteiger partial charge in [-0.3, -0.25) is 0 Å². The van der Waals surface area contributed by atoms with Gasteiger partial charge in [-0.15, -0.1) is 11.6 Å². The molecule has 0 N–H and O–H groups in total. The van der Waals surface area contributed by atoms with E-state index in [1.807, 2.05) is 4.57 Å². The van der Waals surface area contributed by atoms with Crippen LogP contribution in [-0.2, 0) is 17.2 Å². The summed E-state index contributed by atoms with van der Waals surface area (Å²) in [6.07, 6.45) is 1.23. The summed E-state index contributed by atoms with van der Waals surface area (Å²) in [4.78, 5) is 4.39. The quantitative estimate of drug-likeness (QED) is 0.800. The second-order valence-electron chi connectivity index (χ2n) is 5.15. The highest BCUT2D eigenvalue weighted by Gasteiger charge is 2.26. The van der Waals surface area contributed by atoms with Gasteiger partial charge < -0.3 is 9.30 Å². The van der Waals surface area contributed by atoms with Gasteiger partial charge in [0, 0.05) is 25.1 Å². The Morgan fingerprint density at radius 3 is 2.95 bits per heavy atom. The van der Waals surface area contributed by atoms with Crippen LogP contribution >= 0.6 is 23.2 Å². The minimum Gasteiger partial charge on any atom is -0.378 e. The van der Waals surface area contributed by atoms with E-state index in [9.17, 15) is 4.39 Å². The fraction of sp³-hybridized carbons (Fsp3) is 0.500. The first kappa shape index (κ1) is 14.1. The first-order valence-electron chi connectivity index (χ1n) is 6.62. The van der Waals surface area contributed by atoms with Gasteiger partial charge in [0.15, 0.2) is 0 Å². The van der Waals surface area contributed by atoms with Crippen molar-refractivity contribution >= 4 is 34.2 Å². The molecule has 1 aliphatic heterocycles. The number of rotatable bonds is 3. The maximum atomic E-state index is 13.5. The lowest BCUT2D eigenvalue weighted by Crippen LogP contribution is -2.19. The minimum atomic E-state index is -0.456. The molecule has 1 aliphatic rings. The third-order valence-electron chi connectivity index (χ3n) is 3.94. The Labute approximate surface area is 126 Å². The van der Waals surface area contributed by atoms with Crippen LogP contribution < -0.4 is 0 Å². The third-order valence-corrected chi connectivity index (χ3v) is 4.47. The number of aromatic nitrogens is 2. The smallest absolute Gasteiger partial charge is 0.144 e. The minimum absolute atomic E-state index is 0.107. The maximum absolute atomic E-state index is 13.5. The van der Waals surface area contributed by atoms with Crippen molar-refractivity contribution in [2.24, 2.45) is 5.92 Å². The molecule has 2 unspecified atom stereocenters. The van der Waals surface area contributed by atoms with Crippen molar-refractivity contribution in [3.63, 3.8) is 0 Å². The van der Waals surface area contributed by atoms with E-state index in [0.717, 1.165) is 30.9 Å². The average Bonchev–Trinajstić information content (AvgIpc) is 2.96. The van der Waals surface area contributed by atoms with Crippen LogP contribution in [0, 0.1) is 11.7 Å². The monoisotopic (exact) mass is 316 g/mol. The van der Waals surface area contributed by atoms with E-state index in [1.165, 1.54) is 6.07 Å². The van der Waals surface area contributed by atoms with Gasteiger partial charge in [0.05, 0.1) is 28.0 Å². The van der Waals surface area contributed by atoms with Gasteiger partial charge in [-0.05, 0) is 19.4 Å². The Kier molecular flexibility index (Phi) is 3.89. The molecule has 1 fully saturated rings. The van der Waals surface area contributed by atoms with E-state index in [2.05, 4.69) is 11.9 Å². The summed E-state index contributed by atoms with van der Waals surface area (Å²) in [7, 11) is 0. The lowest BCUT2D eigenvalue weighted by Gasteiger charge is -2.16. The molecule has 2 aromatic rings. The Morgan fingerprint density at radius 2 is 2.30 bits per heavy atom. The molecule has 1 aromatic carbocycles. The highest BCUT2D eigenvalue weighted by molar-refractivity contribution is 6.31. The zero-order chi connectivity index (χ0) is 14.3. The number of fused-ring (bicyclic) bond motifs is 1. The van der Waals surface area contributed by atoms with Gasteiger partial charge in [0.2, 0.25) is 0 Å². The van der Waals surface area contributed by atoms with E-state index in [-0.39, 0.29) is 17.0 Å². The topological polar surface area (TPSA) is 27.1 Å². The predicted octanol–water partition coefficient (Wildman–Crippen LogP) is 3.99. The molecule has 1 aromatic heterocycles. The molecule has 3 rings (SSSR count).